The van der Waals surface area contributed by atoms with E-state index in [1.165, 1.54) is 23.5 Å². The summed E-state index contributed by atoms with van der Waals surface area (Å²) < 4.78 is 25.8. The van der Waals surface area contributed by atoms with Gasteiger partial charge in [0.1, 0.15) is 0 Å². The minimum Gasteiger partial charge on any atom is -0.478 e. The molecule has 1 aromatic carbocycles. The van der Waals surface area contributed by atoms with Gasteiger partial charge in [-0.1, -0.05) is 11.6 Å². The molecule has 0 fully saturated rings. The van der Waals surface area contributed by atoms with E-state index in [0.717, 1.165) is 6.07 Å². The lowest BCUT2D eigenvalue weighted by atomic mass is 10.2. The van der Waals surface area contributed by atoms with Crippen molar-refractivity contribution in [3.8, 4) is 0 Å². The van der Waals surface area contributed by atoms with Crippen LogP contribution in [0.3, 0.4) is 0 Å². The van der Waals surface area contributed by atoms with Gasteiger partial charge in [-0.2, -0.15) is 4.31 Å². The Bertz CT molecular complexity index is 601. The van der Waals surface area contributed by atoms with Crippen LogP contribution >= 0.6 is 11.6 Å². The van der Waals surface area contributed by atoms with Gasteiger partial charge in [-0.3, -0.25) is 0 Å². The fourth-order valence-electron chi connectivity index (χ4n) is 1.47. The first-order valence-electron chi connectivity index (χ1n) is 5.80. The smallest absolute Gasteiger partial charge is 0.337 e. The second-order valence-electron chi connectivity index (χ2n) is 4.58. The molecule has 0 radical (unpaired) electrons. The Morgan fingerprint density at radius 2 is 1.85 bits per heavy atom. The van der Waals surface area contributed by atoms with Crippen LogP contribution in [0.2, 0.25) is 5.02 Å². The molecule has 0 heterocycles. The van der Waals surface area contributed by atoms with Crippen molar-refractivity contribution in [2.24, 2.45) is 0 Å². The summed E-state index contributed by atoms with van der Waals surface area (Å²) in [5.74, 6) is -1.26. The van der Waals surface area contributed by atoms with Crippen molar-refractivity contribution >= 4 is 27.6 Å². The van der Waals surface area contributed by atoms with E-state index < -0.39 is 16.0 Å². The first kappa shape index (κ1) is 16.9. The minimum atomic E-state index is -3.72. The summed E-state index contributed by atoms with van der Waals surface area (Å²) in [6.45, 7) is 0.871. The molecular weight excluding hydrogens is 304 g/mol. The molecule has 20 heavy (non-hydrogen) atoms. The summed E-state index contributed by atoms with van der Waals surface area (Å²) in [5.41, 5.74) is -0.228. The fourth-order valence-corrected chi connectivity index (χ4v) is 2.86. The maximum absolute atomic E-state index is 12.3. The maximum Gasteiger partial charge on any atom is 0.337 e. The number of rotatable bonds is 6. The van der Waals surface area contributed by atoms with Gasteiger partial charge in [0.2, 0.25) is 10.0 Å². The van der Waals surface area contributed by atoms with Gasteiger partial charge in [0.05, 0.1) is 15.5 Å². The largest absolute Gasteiger partial charge is 0.478 e. The molecule has 1 rings (SSSR count). The molecule has 0 atom stereocenters. The summed E-state index contributed by atoms with van der Waals surface area (Å²) >= 11 is 5.73. The molecule has 0 saturated heterocycles. The second-order valence-corrected chi connectivity index (χ2v) is 7.03. The lowest BCUT2D eigenvalue weighted by Gasteiger charge is -2.19. The van der Waals surface area contributed by atoms with E-state index in [4.69, 9.17) is 16.7 Å². The normalized spacial score (nSPS) is 12.1. The van der Waals surface area contributed by atoms with E-state index >= 15 is 0 Å². The number of likely N-dealkylation sites (N-methyl/N-ethyl adjacent to an activating group) is 2. The molecule has 0 amide bonds. The second kappa shape index (κ2) is 6.53. The van der Waals surface area contributed by atoms with Crippen molar-refractivity contribution in [3.05, 3.63) is 28.8 Å². The monoisotopic (exact) mass is 320 g/mol. The number of nitrogens with zero attached hydrogens (tertiary/aromatic N) is 2. The summed E-state index contributed by atoms with van der Waals surface area (Å²) in [4.78, 5) is 12.8. The van der Waals surface area contributed by atoms with Crippen LogP contribution in [-0.4, -0.2) is 62.9 Å². The number of halogens is 1. The van der Waals surface area contributed by atoms with Gasteiger partial charge in [-0.15, -0.1) is 0 Å². The Morgan fingerprint density at radius 3 is 2.35 bits per heavy atom. The van der Waals surface area contributed by atoms with E-state index in [9.17, 15) is 13.2 Å². The summed E-state index contributed by atoms with van der Waals surface area (Å²) in [6, 6.07) is 3.65. The highest BCUT2D eigenvalue weighted by Gasteiger charge is 2.22. The summed E-state index contributed by atoms with van der Waals surface area (Å²) in [5, 5.41) is 8.98. The number of sulfonamides is 1. The van der Waals surface area contributed by atoms with E-state index in [2.05, 4.69) is 0 Å². The number of carbonyl (C=O) groups is 1. The maximum atomic E-state index is 12.3. The zero-order chi connectivity index (χ0) is 15.5. The predicted octanol–water partition coefficient (Wildman–Crippen LogP) is 1.22. The fraction of sp³-hybridized carbons (Fsp3) is 0.417. The SMILES string of the molecule is CN(C)CCN(C)S(=O)(=O)c1ccc(Cl)c(C(=O)O)c1. The average Bonchev–Trinajstić information content (AvgIpc) is 2.35. The Balaban J connectivity index is 3.09. The van der Waals surface area contributed by atoms with Crippen LogP contribution in [0.4, 0.5) is 0 Å². The number of benzene rings is 1. The molecule has 1 aromatic rings. The highest BCUT2D eigenvalue weighted by Crippen LogP contribution is 2.22. The quantitative estimate of drug-likeness (QED) is 0.852. The molecule has 0 spiro atoms. The highest BCUT2D eigenvalue weighted by molar-refractivity contribution is 7.89. The molecule has 1 N–H and O–H groups in total. The van der Waals surface area contributed by atoms with Gasteiger partial charge in [-0.25, -0.2) is 13.2 Å². The first-order valence-corrected chi connectivity index (χ1v) is 7.62. The third-order valence-corrected chi connectivity index (χ3v) is 4.92. The third kappa shape index (κ3) is 3.92. The van der Waals surface area contributed by atoms with E-state index in [1.807, 2.05) is 19.0 Å². The van der Waals surface area contributed by atoms with E-state index in [1.54, 1.807) is 0 Å². The summed E-state index contributed by atoms with van der Waals surface area (Å²) in [7, 11) is 1.41. The molecule has 0 aromatic heterocycles. The zero-order valence-corrected chi connectivity index (χ0v) is 13.1. The van der Waals surface area contributed by atoms with Crippen molar-refractivity contribution in [1.82, 2.24) is 9.21 Å². The number of hydrogen-bond donors (Lipinski definition) is 1. The van der Waals surface area contributed by atoms with Gasteiger partial charge in [-0.05, 0) is 32.3 Å². The molecule has 0 unspecified atom stereocenters. The van der Waals surface area contributed by atoms with Crippen molar-refractivity contribution in [2.45, 2.75) is 4.90 Å². The van der Waals surface area contributed by atoms with Crippen molar-refractivity contribution in [3.63, 3.8) is 0 Å². The van der Waals surface area contributed by atoms with Crippen LogP contribution in [0.25, 0.3) is 0 Å². The van der Waals surface area contributed by atoms with Crippen molar-refractivity contribution in [1.29, 1.82) is 0 Å². The molecule has 0 aliphatic rings. The zero-order valence-electron chi connectivity index (χ0n) is 11.5. The molecule has 0 aliphatic carbocycles. The Kier molecular flexibility index (Phi) is 5.52. The standard InChI is InChI=1S/C12H17ClN2O4S/c1-14(2)6-7-15(3)20(18,19)9-4-5-11(13)10(8-9)12(16)17/h4-5,8H,6-7H2,1-3H3,(H,16,17). The average molecular weight is 321 g/mol. The van der Waals surface area contributed by atoms with Crippen LogP contribution in [0.1, 0.15) is 10.4 Å². The minimum absolute atomic E-state index is 0.00685. The van der Waals surface area contributed by atoms with E-state index in [-0.39, 0.29) is 15.5 Å². The van der Waals surface area contributed by atoms with Crippen molar-refractivity contribution in [2.75, 3.05) is 34.2 Å². The van der Waals surface area contributed by atoms with Crippen LogP contribution in [0, 0.1) is 0 Å². The van der Waals surface area contributed by atoms with Gasteiger partial charge in [0, 0.05) is 20.1 Å². The molecule has 0 bridgehead atoms. The van der Waals surface area contributed by atoms with Gasteiger partial charge >= 0.3 is 5.97 Å². The number of aromatic carboxylic acids is 1. The Labute approximate surface area is 123 Å². The van der Waals surface area contributed by atoms with Crippen LogP contribution in [0.15, 0.2) is 23.1 Å². The predicted molar refractivity (Wildman–Crippen MR) is 76.8 cm³/mol. The third-order valence-electron chi connectivity index (χ3n) is 2.74. The molecule has 8 heteroatoms. The van der Waals surface area contributed by atoms with Gasteiger partial charge in [0.15, 0.2) is 0 Å². The van der Waals surface area contributed by atoms with Crippen LogP contribution < -0.4 is 0 Å². The number of carboxylic acids is 1. The van der Waals surface area contributed by atoms with Crippen LogP contribution in [0.5, 0.6) is 0 Å². The topological polar surface area (TPSA) is 77.9 Å². The lowest BCUT2D eigenvalue weighted by molar-refractivity contribution is 0.0697. The molecule has 0 aliphatic heterocycles. The molecule has 112 valence electrons. The van der Waals surface area contributed by atoms with Crippen molar-refractivity contribution < 1.29 is 18.3 Å². The Hall–Kier alpha value is -1.15. The number of hydrogen-bond acceptors (Lipinski definition) is 4. The van der Waals surface area contributed by atoms with Crippen LogP contribution in [-0.2, 0) is 10.0 Å². The van der Waals surface area contributed by atoms with Gasteiger partial charge in [0.25, 0.3) is 0 Å². The van der Waals surface area contributed by atoms with Gasteiger partial charge < -0.3 is 10.0 Å². The molecular formula is C12H17ClN2O4S. The number of carboxylic acid groups (broad SMARTS) is 1. The van der Waals surface area contributed by atoms with E-state index in [0.29, 0.717) is 13.1 Å². The summed E-state index contributed by atoms with van der Waals surface area (Å²) in [6.07, 6.45) is 0. The lowest BCUT2D eigenvalue weighted by Crippen LogP contribution is -2.33. The highest BCUT2D eigenvalue weighted by atomic mass is 35.5. The molecule has 6 nitrogen and oxygen atoms in total. The Morgan fingerprint density at radius 1 is 1.25 bits per heavy atom. The first-order chi connectivity index (χ1) is 9.16. The molecule has 0 saturated carbocycles.